The average Bonchev–Trinajstić information content (AvgIpc) is 2.67. The van der Waals surface area contributed by atoms with Gasteiger partial charge in [0.2, 0.25) is 0 Å². The van der Waals surface area contributed by atoms with Gasteiger partial charge >= 0.3 is 0 Å². The number of halogens is 3. The molecule has 27 heavy (non-hydrogen) atoms. The van der Waals surface area contributed by atoms with E-state index in [0.717, 1.165) is 42.7 Å². The van der Waals surface area contributed by atoms with Crippen LogP contribution in [0.15, 0.2) is 43.0 Å². The van der Waals surface area contributed by atoms with E-state index >= 15 is 4.39 Å². The van der Waals surface area contributed by atoms with Crippen molar-refractivity contribution in [2.45, 2.75) is 50.9 Å². The fraction of sp³-hybridized carbons (Fsp3) is 0.417. The van der Waals surface area contributed by atoms with Crippen molar-refractivity contribution in [1.29, 1.82) is 0 Å². The molecule has 0 radical (unpaired) electrons. The monoisotopic (exact) mass is 386 g/mol. The Hall–Kier alpha value is -1.67. The molecular weight excluding hydrogens is 362 g/mol. The lowest BCUT2D eigenvalue weighted by Gasteiger charge is -2.41. The van der Waals surface area contributed by atoms with Crippen LogP contribution in [0.3, 0.4) is 0 Å². The molecule has 1 fully saturated rings. The predicted octanol–water partition coefficient (Wildman–Crippen LogP) is 7.70. The van der Waals surface area contributed by atoms with E-state index in [0.29, 0.717) is 28.8 Å². The smallest absolute Gasteiger partial charge is 0.137 e. The Bertz CT molecular complexity index is 840. The zero-order chi connectivity index (χ0) is 19.0. The second-order valence-electron chi connectivity index (χ2n) is 8.07. The molecule has 0 heterocycles. The molecule has 3 atom stereocenters. The maximum Gasteiger partial charge on any atom is 0.137 e. The van der Waals surface area contributed by atoms with Gasteiger partial charge in [-0.2, -0.15) is 0 Å². The van der Waals surface area contributed by atoms with Crippen molar-refractivity contribution < 1.29 is 8.78 Å². The fourth-order valence-corrected chi connectivity index (χ4v) is 5.31. The molecule has 0 amide bonds. The molecule has 2 aliphatic carbocycles. The van der Waals surface area contributed by atoms with E-state index in [1.165, 1.54) is 12.8 Å². The molecular formula is C24H25ClF2. The van der Waals surface area contributed by atoms with Crippen molar-refractivity contribution in [1.82, 2.24) is 0 Å². The minimum absolute atomic E-state index is 0.0866. The van der Waals surface area contributed by atoms with Crippen LogP contribution in [0, 0.1) is 23.5 Å². The predicted molar refractivity (Wildman–Crippen MR) is 108 cm³/mol. The molecule has 0 saturated heterocycles. The molecule has 2 aromatic rings. The van der Waals surface area contributed by atoms with Gasteiger partial charge in [-0.15, -0.1) is 6.58 Å². The first-order valence-electron chi connectivity index (χ1n) is 9.96. The Labute approximate surface area is 165 Å². The molecule has 3 heteroatoms. The van der Waals surface area contributed by atoms with E-state index in [-0.39, 0.29) is 11.4 Å². The lowest BCUT2D eigenvalue weighted by atomic mass is 9.64. The summed E-state index contributed by atoms with van der Waals surface area (Å²) in [5, 5.41) is 0.564. The summed E-state index contributed by atoms with van der Waals surface area (Å²) in [5.41, 5.74) is 2.28. The number of fused-ring (bicyclic) bond motifs is 3. The SMILES string of the molecule is C=CCCC1CCC2c3cc(F)c(-c4ccc(Cl)cc4)c(F)c3CCC2C1. The summed E-state index contributed by atoms with van der Waals surface area (Å²) in [4.78, 5) is 0. The van der Waals surface area contributed by atoms with Gasteiger partial charge in [0.25, 0.3) is 0 Å². The maximum absolute atomic E-state index is 15.3. The second kappa shape index (κ2) is 7.75. The van der Waals surface area contributed by atoms with Gasteiger partial charge in [0, 0.05) is 5.02 Å². The highest BCUT2D eigenvalue weighted by Crippen LogP contribution is 2.49. The van der Waals surface area contributed by atoms with Crippen molar-refractivity contribution in [3.63, 3.8) is 0 Å². The van der Waals surface area contributed by atoms with Crippen LogP contribution in [-0.2, 0) is 6.42 Å². The van der Waals surface area contributed by atoms with Crippen LogP contribution in [0.4, 0.5) is 8.78 Å². The first-order valence-corrected chi connectivity index (χ1v) is 10.3. The maximum atomic E-state index is 15.3. The second-order valence-corrected chi connectivity index (χ2v) is 8.51. The molecule has 0 bridgehead atoms. The number of hydrogen-bond donors (Lipinski definition) is 0. The minimum atomic E-state index is -0.456. The number of hydrogen-bond acceptors (Lipinski definition) is 0. The molecule has 0 aromatic heterocycles. The molecule has 1 saturated carbocycles. The van der Waals surface area contributed by atoms with E-state index in [9.17, 15) is 4.39 Å². The lowest BCUT2D eigenvalue weighted by molar-refractivity contribution is 0.201. The molecule has 0 spiro atoms. The average molecular weight is 387 g/mol. The number of benzene rings is 2. The summed E-state index contributed by atoms with van der Waals surface area (Å²) >= 11 is 5.92. The van der Waals surface area contributed by atoms with Crippen molar-refractivity contribution in [2.75, 3.05) is 0 Å². The van der Waals surface area contributed by atoms with Crippen LogP contribution in [0.1, 0.15) is 55.6 Å². The van der Waals surface area contributed by atoms with Gasteiger partial charge in [0.15, 0.2) is 0 Å². The Kier molecular flexibility index (Phi) is 5.36. The Morgan fingerprint density at radius 3 is 2.63 bits per heavy atom. The van der Waals surface area contributed by atoms with Crippen LogP contribution in [0.25, 0.3) is 11.1 Å². The van der Waals surface area contributed by atoms with Gasteiger partial charge in [-0.3, -0.25) is 0 Å². The number of rotatable bonds is 4. The van der Waals surface area contributed by atoms with Crippen LogP contribution in [0.2, 0.25) is 5.02 Å². The van der Waals surface area contributed by atoms with E-state index < -0.39 is 5.82 Å². The normalized spacial score (nSPS) is 24.2. The van der Waals surface area contributed by atoms with Gasteiger partial charge in [-0.25, -0.2) is 8.78 Å². The number of allylic oxidation sites excluding steroid dienone is 1. The summed E-state index contributed by atoms with van der Waals surface area (Å²) in [6.07, 6.45) is 9.33. The highest BCUT2D eigenvalue weighted by molar-refractivity contribution is 6.30. The van der Waals surface area contributed by atoms with Crippen molar-refractivity contribution in [3.05, 3.63) is 70.8 Å². The van der Waals surface area contributed by atoms with Crippen molar-refractivity contribution in [3.8, 4) is 11.1 Å². The fourth-order valence-electron chi connectivity index (χ4n) is 5.18. The van der Waals surface area contributed by atoms with Gasteiger partial charge in [0.1, 0.15) is 11.6 Å². The summed E-state index contributed by atoms with van der Waals surface area (Å²) < 4.78 is 30.3. The molecule has 4 rings (SSSR count). The quantitative estimate of drug-likeness (QED) is 0.472. The topological polar surface area (TPSA) is 0 Å². The van der Waals surface area contributed by atoms with E-state index in [1.54, 1.807) is 30.3 Å². The summed E-state index contributed by atoms with van der Waals surface area (Å²) in [7, 11) is 0. The standard InChI is InChI=1S/C24H25ClF2/c1-2-3-4-15-5-11-19-17(13-15)8-12-20-21(19)14-22(26)23(24(20)27)16-6-9-18(25)10-7-16/h2,6-7,9-10,14-15,17,19H,1,3-5,8,11-13H2. The van der Waals surface area contributed by atoms with E-state index in [4.69, 9.17) is 11.6 Å². The first-order chi connectivity index (χ1) is 13.1. The summed E-state index contributed by atoms with van der Waals surface area (Å²) in [6, 6.07) is 8.34. The zero-order valence-corrected chi connectivity index (χ0v) is 16.2. The Morgan fingerprint density at radius 2 is 1.89 bits per heavy atom. The molecule has 0 nitrogen and oxygen atoms in total. The third-order valence-corrected chi connectivity index (χ3v) is 6.77. The molecule has 0 aliphatic heterocycles. The van der Waals surface area contributed by atoms with Crippen LogP contribution >= 0.6 is 11.6 Å². The Balaban J connectivity index is 1.65. The molecule has 2 aromatic carbocycles. The molecule has 2 aliphatic rings. The van der Waals surface area contributed by atoms with Crippen molar-refractivity contribution in [2.24, 2.45) is 11.8 Å². The van der Waals surface area contributed by atoms with Crippen LogP contribution < -0.4 is 0 Å². The zero-order valence-electron chi connectivity index (χ0n) is 15.5. The highest BCUT2D eigenvalue weighted by Gasteiger charge is 2.37. The van der Waals surface area contributed by atoms with E-state index in [2.05, 4.69) is 6.58 Å². The van der Waals surface area contributed by atoms with Crippen LogP contribution in [0.5, 0.6) is 0 Å². The van der Waals surface area contributed by atoms with Crippen molar-refractivity contribution >= 4 is 11.6 Å². The largest absolute Gasteiger partial charge is 0.206 e. The minimum Gasteiger partial charge on any atom is -0.206 e. The van der Waals surface area contributed by atoms with Gasteiger partial charge < -0.3 is 0 Å². The van der Waals surface area contributed by atoms with Gasteiger partial charge in [-0.05, 0) is 97.6 Å². The summed E-state index contributed by atoms with van der Waals surface area (Å²) in [5.74, 6) is 0.759. The third-order valence-electron chi connectivity index (χ3n) is 6.52. The van der Waals surface area contributed by atoms with Gasteiger partial charge in [0.05, 0.1) is 5.56 Å². The molecule has 3 unspecified atom stereocenters. The lowest BCUT2D eigenvalue weighted by Crippen LogP contribution is -2.29. The van der Waals surface area contributed by atoms with E-state index in [1.807, 2.05) is 6.08 Å². The highest BCUT2D eigenvalue weighted by atomic mass is 35.5. The third kappa shape index (κ3) is 3.57. The van der Waals surface area contributed by atoms with Crippen LogP contribution in [-0.4, -0.2) is 0 Å². The van der Waals surface area contributed by atoms with Gasteiger partial charge in [-0.1, -0.05) is 29.8 Å². The summed E-state index contributed by atoms with van der Waals surface area (Å²) in [6.45, 7) is 3.82. The molecule has 142 valence electrons. The first kappa shape index (κ1) is 18.7. The Morgan fingerprint density at radius 1 is 1.11 bits per heavy atom. The molecule has 0 N–H and O–H groups in total.